The summed E-state index contributed by atoms with van der Waals surface area (Å²) in [5.74, 6) is -0.554. The molecule has 0 bridgehead atoms. The van der Waals surface area contributed by atoms with Crippen molar-refractivity contribution in [1.82, 2.24) is 5.32 Å². The number of halogens is 1. The van der Waals surface area contributed by atoms with Crippen molar-refractivity contribution in [2.24, 2.45) is 5.73 Å². The highest BCUT2D eigenvalue weighted by Crippen LogP contribution is 2.38. The summed E-state index contributed by atoms with van der Waals surface area (Å²) in [7, 11) is -1.28. The van der Waals surface area contributed by atoms with Crippen LogP contribution in [-0.4, -0.2) is 35.9 Å². The van der Waals surface area contributed by atoms with Crippen molar-refractivity contribution in [3.8, 4) is 11.5 Å². The predicted octanol–water partition coefficient (Wildman–Crippen LogP) is 1.93. The van der Waals surface area contributed by atoms with E-state index in [9.17, 15) is 9.18 Å². The number of amides is 1. The summed E-state index contributed by atoms with van der Waals surface area (Å²) < 4.78 is 24.0. The molecule has 1 aromatic rings. The van der Waals surface area contributed by atoms with Crippen molar-refractivity contribution in [3.05, 3.63) is 23.8 Å². The average Bonchev–Trinajstić information content (AvgIpc) is 2.57. The minimum atomic E-state index is -2.61. The molecule has 0 aliphatic rings. The van der Waals surface area contributed by atoms with Crippen molar-refractivity contribution < 1.29 is 28.2 Å². The first-order chi connectivity index (χ1) is 11.5. The third-order valence-corrected chi connectivity index (χ3v) is 3.68. The van der Waals surface area contributed by atoms with Gasteiger partial charge in [-0.2, -0.15) is 0 Å². The lowest BCUT2D eigenvalue weighted by molar-refractivity contribution is -0.126. The van der Waals surface area contributed by atoms with Gasteiger partial charge in [-0.05, 0) is 37.1 Å². The van der Waals surface area contributed by atoms with Crippen molar-refractivity contribution in [2.45, 2.75) is 31.9 Å². The van der Waals surface area contributed by atoms with E-state index in [0.29, 0.717) is 13.1 Å². The van der Waals surface area contributed by atoms with Gasteiger partial charge in [0.25, 0.3) is 5.91 Å². The van der Waals surface area contributed by atoms with E-state index in [2.05, 4.69) is 5.32 Å². The van der Waals surface area contributed by atoms with E-state index in [1.165, 1.54) is 25.3 Å². The number of alkyl halides is 1. The third kappa shape index (κ3) is 6.97. The van der Waals surface area contributed by atoms with E-state index in [1.807, 2.05) is 0 Å². The molecule has 1 aromatic carbocycles. The van der Waals surface area contributed by atoms with Crippen LogP contribution in [0.25, 0.3) is 0 Å². The lowest BCUT2D eigenvalue weighted by Gasteiger charge is -2.14. The van der Waals surface area contributed by atoms with Crippen LogP contribution in [0.15, 0.2) is 18.2 Å². The fourth-order valence-electron chi connectivity index (χ4n) is 2.08. The van der Waals surface area contributed by atoms with Crippen LogP contribution in [0.1, 0.15) is 37.4 Å². The van der Waals surface area contributed by atoms with E-state index >= 15 is 0 Å². The number of benzene rings is 1. The van der Waals surface area contributed by atoms with Gasteiger partial charge in [0.2, 0.25) is 6.17 Å². The topological polar surface area (TPSA) is 114 Å². The maximum Gasteiger partial charge on any atom is 0.391 e. The number of nitrogens with one attached hydrogen (secondary N) is 1. The Balaban J connectivity index is 2.56. The summed E-state index contributed by atoms with van der Waals surface area (Å²) >= 11 is 0. The number of ether oxygens (including phenoxy) is 1. The molecule has 0 heterocycles. The van der Waals surface area contributed by atoms with Crippen molar-refractivity contribution in [1.29, 1.82) is 0 Å². The van der Waals surface area contributed by atoms with Gasteiger partial charge in [-0.15, -0.1) is 0 Å². The Morgan fingerprint density at radius 3 is 2.62 bits per heavy atom. The van der Waals surface area contributed by atoms with Crippen LogP contribution in [0.5, 0.6) is 11.5 Å². The molecule has 136 valence electrons. The zero-order chi connectivity index (χ0) is 17.9. The highest BCUT2D eigenvalue weighted by Gasteiger charge is 2.21. The van der Waals surface area contributed by atoms with Crippen LogP contribution in [0.3, 0.4) is 0 Å². The number of carbonyl (C=O) groups is 1. The van der Waals surface area contributed by atoms with Crippen molar-refractivity contribution >= 4 is 14.5 Å². The Kier molecular flexibility index (Phi) is 9.56. The molecule has 0 saturated carbocycles. The molecular weight excluding hydrogens is 338 g/mol. The number of methoxy groups -OCH3 is 1. The Morgan fingerprint density at radius 1 is 1.29 bits per heavy atom. The fraction of sp³-hybridized carbons (Fsp3) is 0.533. The first-order valence-electron chi connectivity index (χ1n) is 7.65. The maximum absolute atomic E-state index is 14.2. The van der Waals surface area contributed by atoms with Gasteiger partial charge in [0.05, 0.1) is 7.11 Å². The number of carbonyl (C=O) groups excluding carboxylic acids is 1. The number of unbranched alkanes of at least 4 members (excludes halogenated alkanes) is 3. The summed E-state index contributed by atoms with van der Waals surface area (Å²) in [4.78, 5) is 29.6. The molecule has 1 atom stereocenters. The Labute approximate surface area is 142 Å². The highest BCUT2D eigenvalue weighted by atomic mass is 31.2. The summed E-state index contributed by atoms with van der Waals surface area (Å²) in [6, 6.07) is 3.95. The Hall–Kier alpha value is -1.47. The van der Waals surface area contributed by atoms with E-state index < -0.39 is 20.7 Å². The number of rotatable bonds is 11. The van der Waals surface area contributed by atoms with Crippen molar-refractivity contribution in [2.75, 3.05) is 20.2 Å². The van der Waals surface area contributed by atoms with Crippen LogP contribution in [0, 0.1) is 0 Å². The molecule has 0 aromatic heterocycles. The molecule has 0 fully saturated rings. The normalized spacial score (nSPS) is 12.1. The molecule has 0 saturated heterocycles. The first kappa shape index (κ1) is 20.6. The zero-order valence-corrected chi connectivity index (χ0v) is 14.5. The molecule has 1 amide bonds. The standard InChI is InChI=1S/C15H24FN2O5P/c1-22-13-10-11(6-7-12(13)23-24(20)21)14(16)15(19)18-9-5-3-2-4-8-17/h6-7,10,14,20-21H,2-5,8-9,17H2,1H3,(H,18,19). The summed E-state index contributed by atoms with van der Waals surface area (Å²) in [5, 5.41) is 2.55. The maximum atomic E-state index is 14.2. The van der Waals surface area contributed by atoms with Crippen LogP contribution < -0.4 is 20.3 Å². The molecule has 0 aliphatic heterocycles. The van der Waals surface area contributed by atoms with E-state index in [4.69, 9.17) is 24.8 Å². The van der Waals surface area contributed by atoms with Gasteiger partial charge in [-0.25, -0.2) is 4.39 Å². The van der Waals surface area contributed by atoms with E-state index in [-0.39, 0.29) is 17.1 Å². The number of hydrogen-bond acceptors (Lipinski definition) is 6. The zero-order valence-electron chi connectivity index (χ0n) is 13.6. The number of hydrogen-bond donors (Lipinski definition) is 4. The lowest BCUT2D eigenvalue weighted by Crippen LogP contribution is -2.28. The second kappa shape index (κ2) is 11.1. The third-order valence-electron chi connectivity index (χ3n) is 3.32. The van der Waals surface area contributed by atoms with Gasteiger partial charge in [-0.3, -0.25) is 4.79 Å². The first-order valence-corrected chi connectivity index (χ1v) is 8.81. The smallest absolute Gasteiger partial charge is 0.391 e. The Morgan fingerprint density at radius 2 is 2.00 bits per heavy atom. The molecule has 1 unspecified atom stereocenters. The van der Waals surface area contributed by atoms with Crippen LogP contribution in [-0.2, 0) is 4.79 Å². The molecule has 0 spiro atoms. The second-order valence-corrected chi connectivity index (χ2v) is 5.80. The number of nitrogens with two attached hydrogens (primary N) is 1. The molecule has 0 radical (unpaired) electrons. The van der Waals surface area contributed by atoms with Gasteiger partial charge in [0.1, 0.15) is 0 Å². The van der Waals surface area contributed by atoms with Gasteiger partial charge in [0, 0.05) is 6.54 Å². The Bertz CT molecular complexity index is 519. The fourth-order valence-corrected chi connectivity index (χ4v) is 2.41. The SMILES string of the molecule is COc1cc(C(F)C(=O)NCCCCCCN)ccc1OP(O)O. The van der Waals surface area contributed by atoms with Gasteiger partial charge >= 0.3 is 8.60 Å². The molecular formula is C15H24FN2O5P. The lowest BCUT2D eigenvalue weighted by atomic mass is 10.1. The molecule has 1 rings (SSSR count). The van der Waals surface area contributed by atoms with Crippen LogP contribution in [0.2, 0.25) is 0 Å². The largest absolute Gasteiger partial charge is 0.493 e. The minimum absolute atomic E-state index is 0.0601. The second-order valence-electron chi connectivity index (χ2n) is 5.11. The van der Waals surface area contributed by atoms with Gasteiger partial charge < -0.3 is 30.1 Å². The summed E-state index contributed by atoms with van der Waals surface area (Å²) in [6.07, 6.45) is 1.78. The monoisotopic (exact) mass is 362 g/mol. The summed E-state index contributed by atoms with van der Waals surface area (Å²) in [6.45, 7) is 1.05. The van der Waals surface area contributed by atoms with Gasteiger partial charge in [-0.1, -0.05) is 18.9 Å². The van der Waals surface area contributed by atoms with E-state index in [0.717, 1.165) is 25.7 Å². The molecule has 24 heavy (non-hydrogen) atoms. The average molecular weight is 362 g/mol. The highest BCUT2D eigenvalue weighted by molar-refractivity contribution is 7.39. The molecule has 0 aliphatic carbocycles. The van der Waals surface area contributed by atoms with E-state index in [1.54, 1.807) is 0 Å². The van der Waals surface area contributed by atoms with Crippen LogP contribution in [0.4, 0.5) is 4.39 Å². The predicted molar refractivity (Wildman–Crippen MR) is 89.4 cm³/mol. The van der Waals surface area contributed by atoms with Gasteiger partial charge in [0.15, 0.2) is 11.5 Å². The quantitative estimate of drug-likeness (QED) is 0.353. The minimum Gasteiger partial charge on any atom is -0.493 e. The molecule has 5 N–H and O–H groups in total. The summed E-state index contributed by atoms with van der Waals surface area (Å²) in [5.41, 5.74) is 5.49. The van der Waals surface area contributed by atoms with Crippen LogP contribution >= 0.6 is 8.60 Å². The molecule has 9 heteroatoms. The molecule has 7 nitrogen and oxygen atoms in total. The van der Waals surface area contributed by atoms with Crippen molar-refractivity contribution in [3.63, 3.8) is 0 Å².